The summed E-state index contributed by atoms with van der Waals surface area (Å²) in [4.78, 5) is 0. The average molecular weight is 252 g/mol. The van der Waals surface area contributed by atoms with E-state index in [9.17, 15) is 0 Å². The molecule has 15 heavy (non-hydrogen) atoms. The Kier molecular flexibility index (Phi) is 13.1. The summed E-state index contributed by atoms with van der Waals surface area (Å²) in [5.74, 6) is 0. The standard InChI is InChI=1S/C9H23NO3Si.P/c1-4-11-14(12-5-2,13-6-3)9-7-8-10;/h4-10H2,1-3H3;. The van der Waals surface area contributed by atoms with E-state index in [1.807, 2.05) is 20.8 Å². The molecule has 0 aliphatic heterocycles. The van der Waals surface area contributed by atoms with Gasteiger partial charge in [-0.1, -0.05) is 0 Å². The number of nitrogens with two attached hydrogens (primary N) is 1. The molecule has 4 nitrogen and oxygen atoms in total. The lowest BCUT2D eigenvalue weighted by atomic mass is 10.5. The van der Waals surface area contributed by atoms with Crippen molar-refractivity contribution < 1.29 is 13.3 Å². The van der Waals surface area contributed by atoms with E-state index in [0.717, 1.165) is 12.5 Å². The molecular formula is C9H23NO3PSi. The molecule has 0 aliphatic rings. The van der Waals surface area contributed by atoms with Crippen molar-refractivity contribution in [2.75, 3.05) is 26.4 Å². The van der Waals surface area contributed by atoms with E-state index in [4.69, 9.17) is 19.0 Å². The molecule has 91 valence electrons. The van der Waals surface area contributed by atoms with E-state index < -0.39 is 8.80 Å². The zero-order chi connectivity index (χ0) is 10.9. The lowest BCUT2D eigenvalue weighted by molar-refractivity contribution is 0.0710. The fourth-order valence-electron chi connectivity index (χ4n) is 1.32. The number of hydrogen-bond acceptors (Lipinski definition) is 4. The van der Waals surface area contributed by atoms with Crippen molar-refractivity contribution in [1.29, 1.82) is 0 Å². The van der Waals surface area contributed by atoms with Gasteiger partial charge in [-0.3, -0.25) is 0 Å². The summed E-state index contributed by atoms with van der Waals surface area (Å²) in [6.45, 7) is 8.44. The minimum Gasteiger partial charge on any atom is -0.374 e. The first-order valence-corrected chi connectivity index (χ1v) is 7.29. The van der Waals surface area contributed by atoms with Crippen LogP contribution in [0.5, 0.6) is 0 Å². The van der Waals surface area contributed by atoms with Crippen LogP contribution in [-0.4, -0.2) is 35.2 Å². The summed E-state index contributed by atoms with van der Waals surface area (Å²) in [6.07, 6.45) is 0.895. The fraction of sp³-hybridized carbons (Fsp3) is 1.00. The predicted molar refractivity (Wildman–Crippen MR) is 66.0 cm³/mol. The molecule has 0 aromatic carbocycles. The third kappa shape index (κ3) is 7.39. The first-order chi connectivity index (χ1) is 6.74. The minimum atomic E-state index is -2.40. The Morgan fingerprint density at radius 3 is 1.60 bits per heavy atom. The Bertz CT molecular complexity index is 124. The zero-order valence-corrected chi connectivity index (χ0v) is 11.9. The lowest BCUT2D eigenvalue weighted by Crippen LogP contribution is -2.46. The molecule has 0 aromatic rings. The Hall–Kier alpha value is 0.487. The van der Waals surface area contributed by atoms with Crippen molar-refractivity contribution in [2.45, 2.75) is 33.2 Å². The van der Waals surface area contributed by atoms with Crippen molar-refractivity contribution in [3.8, 4) is 0 Å². The van der Waals surface area contributed by atoms with Crippen LogP contribution in [0.3, 0.4) is 0 Å². The van der Waals surface area contributed by atoms with Crippen LogP contribution in [0.25, 0.3) is 0 Å². The highest BCUT2D eigenvalue weighted by atomic mass is 31.0. The first kappa shape index (κ1) is 17.9. The summed E-state index contributed by atoms with van der Waals surface area (Å²) in [5, 5.41) is 0. The van der Waals surface area contributed by atoms with E-state index in [0.29, 0.717) is 26.4 Å². The Morgan fingerprint density at radius 1 is 0.933 bits per heavy atom. The lowest BCUT2D eigenvalue weighted by Gasteiger charge is -2.28. The van der Waals surface area contributed by atoms with Gasteiger partial charge in [0, 0.05) is 35.8 Å². The van der Waals surface area contributed by atoms with Gasteiger partial charge in [-0.15, -0.1) is 0 Å². The highest BCUT2D eigenvalue weighted by Gasteiger charge is 2.39. The van der Waals surface area contributed by atoms with Crippen LogP contribution in [0.4, 0.5) is 0 Å². The van der Waals surface area contributed by atoms with Crippen molar-refractivity contribution >= 4 is 18.7 Å². The minimum absolute atomic E-state index is 0. The van der Waals surface area contributed by atoms with Crippen molar-refractivity contribution in [3.05, 3.63) is 0 Å². The van der Waals surface area contributed by atoms with Gasteiger partial charge in [0.05, 0.1) is 0 Å². The fourth-order valence-corrected chi connectivity index (χ4v) is 3.96. The molecular weight excluding hydrogens is 229 g/mol. The maximum Gasteiger partial charge on any atom is 0.500 e. The summed E-state index contributed by atoms with van der Waals surface area (Å²) in [7, 11) is -2.40. The van der Waals surface area contributed by atoms with E-state index >= 15 is 0 Å². The summed E-state index contributed by atoms with van der Waals surface area (Å²) in [6, 6.07) is 0.818. The first-order valence-electron chi connectivity index (χ1n) is 5.36. The Balaban J connectivity index is 0. The molecule has 3 radical (unpaired) electrons. The second kappa shape index (κ2) is 11.0. The number of hydrogen-bond donors (Lipinski definition) is 1. The van der Waals surface area contributed by atoms with Crippen LogP contribution < -0.4 is 5.73 Å². The van der Waals surface area contributed by atoms with Gasteiger partial charge in [0.1, 0.15) is 0 Å². The van der Waals surface area contributed by atoms with Crippen LogP contribution in [0.15, 0.2) is 0 Å². The van der Waals surface area contributed by atoms with Crippen LogP contribution in [-0.2, 0) is 13.3 Å². The van der Waals surface area contributed by atoms with Gasteiger partial charge in [0.2, 0.25) is 0 Å². The topological polar surface area (TPSA) is 53.7 Å². The van der Waals surface area contributed by atoms with Gasteiger partial charge in [0.25, 0.3) is 0 Å². The second-order valence-corrected chi connectivity index (χ2v) is 5.61. The molecule has 0 atom stereocenters. The van der Waals surface area contributed by atoms with Crippen LogP contribution >= 0.6 is 9.90 Å². The van der Waals surface area contributed by atoms with Gasteiger partial charge in [-0.25, -0.2) is 0 Å². The SMILES string of the molecule is CCO[Si](CCCN)(OCC)OCC.[P]. The molecule has 0 saturated heterocycles. The molecule has 0 amide bonds. The summed E-state index contributed by atoms with van der Waals surface area (Å²) in [5.41, 5.74) is 5.48. The second-order valence-electron chi connectivity index (χ2n) is 2.87. The summed E-state index contributed by atoms with van der Waals surface area (Å²) >= 11 is 0. The monoisotopic (exact) mass is 252 g/mol. The third-order valence-corrected chi connectivity index (χ3v) is 4.93. The molecule has 0 aliphatic carbocycles. The molecule has 0 saturated carbocycles. The molecule has 0 bridgehead atoms. The normalized spacial score (nSPS) is 11.2. The smallest absolute Gasteiger partial charge is 0.374 e. The molecule has 0 fully saturated rings. The Morgan fingerprint density at radius 2 is 1.33 bits per heavy atom. The van der Waals surface area contributed by atoms with E-state index in [1.165, 1.54) is 0 Å². The quantitative estimate of drug-likeness (QED) is 0.505. The molecule has 0 spiro atoms. The van der Waals surface area contributed by atoms with Crippen LogP contribution in [0.2, 0.25) is 6.04 Å². The van der Waals surface area contributed by atoms with Gasteiger partial charge < -0.3 is 19.0 Å². The third-order valence-electron chi connectivity index (χ3n) is 1.78. The molecule has 0 unspecified atom stereocenters. The zero-order valence-electron chi connectivity index (χ0n) is 9.99. The van der Waals surface area contributed by atoms with Gasteiger partial charge in [-0.2, -0.15) is 0 Å². The Labute approximate surface area is 97.8 Å². The molecule has 2 N–H and O–H groups in total. The molecule has 0 heterocycles. The van der Waals surface area contributed by atoms with Gasteiger partial charge >= 0.3 is 8.80 Å². The van der Waals surface area contributed by atoms with Crippen LogP contribution in [0.1, 0.15) is 27.2 Å². The largest absolute Gasteiger partial charge is 0.500 e. The number of rotatable bonds is 9. The predicted octanol–water partition coefficient (Wildman–Crippen LogP) is 2.24. The van der Waals surface area contributed by atoms with Crippen molar-refractivity contribution in [3.63, 3.8) is 0 Å². The van der Waals surface area contributed by atoms with E-state index in [-0.39, 0.29) is 9.90 Å². The molecule has 0 rings (SSSR count). The maximum atomic E-state index is 5.65. The van der Waals surface area contributed by atoms with Gasteiger partial charge in [0.15, 0.2) is 0 Å². The van der Waals surface area contributed by atoms with E-state index in [2.05, 4.69) is 0 Å². The van der Waals surface area contributed by atoms with Crippen molar-refractivity contribution in [2.24, 2.45) is 5.73 Å². The highest BCUT2D eigenvalue weighted by Crippen LogP contribution is 2.17. The van der Waals surface area contributed by atoms with Crippen LogP contribution in [0, 0.1) is 0 Å². The maximum absolute atomic E-state index is 5.65. The van der Waals surface area contributed by atoms with Gasteiger partial charge in [-0.05, 0) is 33.7 Å². The highest BCUT2D eigenvalue weighted by molar-refractivity contribution is 6.92. The molecule has 0 aromatic heterocycles. The van der Waals surface area contributed by atoms with E-state index in [1.54, 1.807) is 0 Å². The average Bonchev–Trinajstić information content (AvgIpc) is 2.16. The molecule has 6 heteroatoms. The summed E-state index contributed by atoms with van der Waals surface area (Å²) < 4.78 is 17.0. The van der Waals surface area contributed by atoms with Crippen molar-refractivity contribution in [1.82, 2.24) is 0 Å².